The van der Waals surface area contributed by atoms with E-state index in [0.29, 0.717) is 11.3 Å². The first-order chi connectivity index (χ1) is 41.8. The largest absolute Gasteiger partial charge is 0.0654 e. The first-order valence-corrected chi connectivity index (χ1v) is 36.0. The minimum atomic E-state index is 0.197. The van der Waals surface area contributed by atoms with Gasteiger partial charge in [-0.25, -0.2) is 0 Å². The fourth-order valence-electron chi connectivity index (χ4n) is 15.3. The van der Waals surface area contributed by atoms with Crippen LogP contribution in [0.25, 0.3) is 21.5 Å². The fourth-order valence-corrected chi connectivity index (χ4v) is 15.3. The van der Waals surface area contributed by atoms with Gasteiger partial charge in [0.15, 0.2) is 0 Å². The summed E-state index contributed by atoms with van der Waals surface area (Å²) in [6, 6.07) is 33.7. The molecule has 9 rings (SSSR count). The van der Waals surface area contributed by atoms with Gasteiger partial charge in [-0.15, -0.1) is 0 Å². The highest BCUT2D eigenvalue weighted by Gasteiger charge is 2.29. The van der Waals surface area contributed by atoms with E-state index in [1.54, 1.807) is 33.4 Å². The van der Waals surface area contributed by atoms with E-state index in [1.807, 2.05) is 0 Å². The highest BCUT2D eigenvalue weighted by Crippen LogP contribution is 2.42. The second-order valence-electron chi connectivity index (χ2n) is 31.9. The Kier molecular flexibility index (Phi) is 28.2. The third kappa shape index (κ3) is 19.8. The molecule has 4 unspecified atom stereocenters. The van der Waals surface area contributed by atoms with Gasteiger partial charge in [0.05, 0.1) is 0 Å². The predicted octanol–water partition coefficient (Wildman–Crippen LogP) is 27.0. The molecule has 7 aromatic carbocycles. The van der Waals surface area contributed by atoms with Crippen LogP contribution in [0.5, 0.6) is 0 Å². The van der Waals surface area contributed by atoms with Crippen molar-refractivity contribution < 1.29 is 0 Å². The van der Waals surface area contributed by atoms with E-state index in [2.05, 4.69) is 271 Å². The lowest BCUT2D eigenvalue weighted by Gasteiger charge is -2.32. The molecule has 2 aliphatic carbocycles. The smallest absolute Gasteiger partial charge is 0.0102 e. The monoisotopic (exact) mass is 1200 g/mol. The van der Waals surface area contributed by atoms with E-state index < -0.39 is 0 Å². The molecule has 0 bridgehead atoms. The molecule has 89 heavy (non-hydrogen) atoms. The van der Waals surface area contributed by atoms with Gasteiger partial charge in [0.2, 0.25) is 0 Å². The van der Waals surface area contributed by atoms with Crippen molar-refractivity contribution in [2.75, 3.05) is 0 Å². The Balaban J connectivity index is 0.000000206. The van der Waals surface area contributed by atoms with Gasteiger partial charge in [0.1, 0.15) is 0 Å². The maximum atomic E-state index is 2.49. The standard InChI is InChI=1S/C24H42.C19H20.C18H26.C17H28.C11H16/c1-16(22(4,5)6)13-14-19-17(2)20(23(7,8)9)15-21(18(19)3)24(10,11)12;1-3-4-9-15-14(2)16-10-5-6-11-18(16)19-13-8-7-12-17(15)19;1-13-7-3-5-9-16(13)18-12-11-15-8-4-6-10-17(15)14(18)2;1-10(2)9-11(3)17-15(7)13(5)12(4)14(6)16(17)8;1-3-4-8-11-9-6-5-7-10(11)2/h15-16H,13-14H2,1-12H3;5-8,10-13H,3-4,9H2,1-2H3;11-13,16H,3-10H2,1-2H3;10-11H,9H2,1-8H3;5-7,9H,3-4,8H2,1-2H3. The molecule has 0 saturated heterocycles. The van der Waals surface area contributed by atoms with E-state index in [0.717, 1.165) is 23.7 Å². The van der Waals surface area contributed by atoms with Gasteiger partial charge >= 0.3 is 0 Å². The summed E-state index contributed by atoms with van der Waals surface area (Å²) in [4.78, 5) is 0. The number of rotatable bonds is 13. The van der Waals surface area contributed by atoms with E-state index in [9.17, 15) is 0 Å². The van der Waals surface area contributed by atoms with Crippen LogP contribution < -0.4 is 0 Å². The van der Waals surface area contributed by atoms with E-state index in [1.165, 1.54) is 203 Å². The van der Waals surface area contributed by atoms with Gasteiger partial charge in [-0.1, -0.05) is 234 Å². The summed E-state index contributed by atoms with van der Waals surface area (Å²) >= 11 is 0. The van der Waals surface area contributed by atoms with Crippen molar-refractivity contribution in [2.24, 2.45) is 23.2 Å². The van der Waals surface area contributed by atoms with Crippen LogP contribution in [0, 0.1) is 92.4 Å². The summed E-state index contributed by atoms with van der Waals surface area (Å²) in [5.41, 5.74) is 30.2. The summed E-state index contributed by atoms with van der Waals surface area (Å²) in [6.07, 6.45) is 22.5. The predicted molar refractivity (Wildman–Crippen MR) is 401 cm³/mol. The van der Waals surface area contributed by atoms with Crippen molar-refractivity contribution in [3.05, 3.63) is 197 Å². The first kappa shape index (κ1) is 74.8. The Morgan fingerprint density at radius 3 is 1.48 bits per heavy atom. The number of fused-ring (bicyclic) bond motifs is 4. The first-order valence-electron chi connectivity index (χ1n) is 36.0. The molecule has 0 aromatic heterocycles. The molecule has 1 saturated carbocycles. The Morgan fingerprint density at radius 1 is 0.461 bits per heavy atom. The average molecular weight is 1200 g/mol. The molecule has 2 aliphatic rings. The maximum Gasteiger partial charge on any atom is -0.0102 e. The van der Waals surface area contributed by atoms with Crippen molar-refractivity contribution >= 4 is 21.5 Å². The van der Waals surface area contributed by atoms with E-state index >= 15 is 0 Å². The van der Waals surface area contributed by atoms with Gasteiger partial charge in [0, 0.05) is 0 Å². The van der Waals surface area contributed by atoms with Crippen molar-refractivity contribution in [1.82, 2.24) is 0 Å². The fraction of sp³-hybridized carbons (Fsp3) is 0.573. The Morgan fingerprint density at radius 2 is 0.955 bits per heavy atom. The van der Waals surface area contributed by atoms with Crippen molar-refractivity contribution in [3.63, 3.8) is 0 Å². The molecule has 1 fully saturated rings. The van der Waals surface area contributed by atoms with Crippen LogP contribution in [0.15, 0.2) is 91.0 Å². The lowest BCUT2D eigenvalue weighted by molar-refractivity contribution is 0.247. The lowest BCUT2D eigenvalue weighted by Crippen LogP contribution is -2.22. The average Bonchev–Trinajstić information content (AvgIpc) is 1.18. The van der Waals surface area contributed by atoms with Gasteiger partial charge < -0.3 is 0 Å². The molecule has 0 spiro atoms. The second-order valence-corrected chi connectivity index (χ2v) is 31.9. The van der Waals surface area contributed by atoms with Crippen molar-refractivity contribution in [3.8, 4) is 0 Å². The SMILES string of the molecule is CCCCc1c(C)c2ccccc2c2ccccc12.CCCCc1ccccc1C.Cc1c(C(C)(C)C)cc(C(C)(C)C)c(C)c1CCC(C)C(C)(C)C.Cc1c(C)c(C)c(C(C)CC(C)C)c(C)c1C.Cc1c(C2CCCCC2C)ccc2c1CCCC2. The third-order valence-electron chi connectivity index (χ3n) is 21.8. The summed E-state index contributed by atoms with van der Waals surface area (Å²) in [5, 5.41) is 5.63. The van der Waals surface area contributed by atoms with Crippen molar-refractivity contribution in [2.45, 2.75) is 312 Å². The minimum Gasteiger partial charge on any atom is -0.0654 e. The molecule has 0 heterocycles. The molecule has 7 aromatic rings. The topological polar surface area (TPSA) is 0 Å². The summed E-state index contributed by atoms with van der Waals surface area (Å²) in [5.74, 6) is 3.90. The maximum absolute atomic E-state index is 2.49. The highest BCUT2D eigenvalue weighted by atomic mass is 14.3. The van der Waals surface area contributed by atoms with Crippen LogP contribution in [0.3, 0.4) is 0 Å². The quantitative estimate of drug-likeness (QED) is 0.101. The van der Waals surface area contributed by atoms with Crippen molar-refractivity contribution in [1.29, 1.82) is 0 Å². The second kappa shape index (κ2) is 33.6. The van der Waals surface area contributed by atoms with Gasteiger partial charge in [0.25, 0.3) is 0 Å². The summed E-state index contributed by atoms with van der Waals surface area (Å²) < 4.78 is 0. The van der Waals surface area contributed by atoms with Crippen LogP contribution in [0.4, 0.5) is 0 Å². The zero-order chi connectivity index (χ0) is 66.3. The molecule has 0 radical (unpaired) electrons. The number of benzene rings is 7. The lowest BCUT2D eigenvalue weighted by atomic mass is 9.73. The third-order valence-corrected chi connectivity index (χ3v) is 21.8. The Hall–Kier alpha value is -4.94. The Bertz CT molecular complexity index is 3290. The normalized spacial score (nSPS) is 15.8. The molecular weight excluding hydrogens is 1070 g/mol. The molecule has 0 heteroatoms. The molecular formula is C89H132. The van der Waals surface area contributed by atoms with Crippen LogP contribution in [-0.4, -0.2) is 0 Å². The van der Waals surface area contributed by atoms with Crippen LogP contribution in [0.1, 0.15) is 305 Å². The molecule has 488 valence electrons. The molecule has 0 N–H and O–H groups in total. The highest BCUT2D eigenvalue weighted by molar-refractivity contribution is 6.10. The molecule has 0 nitrogen and oxygen atoms in total. The van der Waals surface area contributed by atoms with Crippen LogP contribution in [0.2, 0.25) is 0 Å². The van der Waals surface area contributed by atoms with E-state index in [4.69, 9.17) is 0 Å². The summed E-state index contributed by atoms with van der Waals surface area (Å²) in [7, 11) is 0. The van der Waals surface area contributed by atoms with Gasteiger partial charge in [-0.05, 0) is 319 Å². The molecule has 4 atom stereocenters. The molecule has 0 aliphatic heterocycles. The van der Waals surface area contributed by atoms with Gasteiger partial charge in [-0.3, -0.25) is 0 Å². The summed E-state index contributed by atoms with van der Waals surface area (Å²) in [6.45, 7) is 60.5. The molecule has 0 amide bonds. The zero-order valence-corrected chi connectivity index (χ0v) is 62.6. The number of hydrogen-bond acceptors (Lipinski definition) is 0. The van der Waals surface area contributed by atoms with E-state index in [-0.39, 0.29) is 10.8 Å². The Labute approximate surface area is 550 Å². The van der Waals surface area contributed by atoms with Crippen LogP contribution in [-0.2, 0) is 42.9 Å². The minimum absolute atomic E-state index is 0.197. The number of aryl methyl sites for hydroxylation is 5. The number of hydrogen-bond donors (Lipinski definition) is 0. The van der Waals surface area contributed by atoms with Crippen LogP contribution >= 0.6 is 0 Å². The zero-order valence-electron chi connectivity index (χ0n) is 62.6. The number of unbranched alkanes of at least 4 members (excludes halogenated alkanes) is 2. The van der Waals surface area contributed by atoms with Gasteiger partial charge in [-0.2, -0.15) is 0 Å².